The first-order valence-electron chi connectivity index (χ1n) is 9.85. The SMILES string of the molecule is CCCCCC1[C]([Hf][C]2(C)C(C)=C(C)C(C)=C2C)=Cc2ccccc21. The molecule has 0 saturated heterocycles. The van der Waals surface area contributed by atoms with E-state index in [1.165, 1.54) is 31.2 Å². The van der Waals surface area contributed by atoms with E-state index in [4.69, 9.17) is 0 Å². The Hall–Kier alpha value is -0.690. The molecule has 1 heteroatoms. The van der Waals surface area contributed by atoms with Crippen LogP contribution in [0.15, 0.2) is 49.9 Å². The van der Waals surface area contributed by atoms with E-state index in [-0.39, 0.29) is 0 Å². The van der Waals surface area contributed by atoms with E-state index >= 15 is 0 Å². The third kappa shape index (κ3) is 3.34. The van der Waals surface area contributed by atoms with Gasteiger partial charge in [-0.05, 0) is 0 Å². The van der Waals surface area contributed by atoms with Gasteiger partial charge >= 0.3 is 166 Å². The van der Waals surface area contributed by atoms with E-state index in [1.54, 1.807) is 27.9 Å². The molecule has 0 spiro atoms. The van der Waals surface area contributed by atoms with Crippen LogP contribution in [0.25, 0.3) is 6.08 Å². The molecule has 0 heterocycles. The number of hydrogen-bond donors (Lipinski definition) is 0. The van der Waals surface area contributed by atoms with Gasteiger partial charge in [0.2, 0.25) is 0 Å². The summed E-state index contributed by atoms with van der Waals surface area (Å²) < 4.78 is 2.24. The summed E-state index contributed by atoms with van der Waals surface area (Å²) in [5.74, 6) is 0.713. The zero-order valence-corrected chi connectivity index (χ0v) is 20.4. The fourth-order valence-corrected chi connectivity index (χ4v) is 11.8. The van der Waals surface area contributed by atoms with Crippen LogP contribution in [0.3, 0.4) is 0 Å². The van der Waals surface area contributed by atoms with Gasteiger partial charge in [-0.3, -0.25) is 0 Å². The van der Waals surface area contributed by atoms with E-state index in [0.29, 0.717) is 9.09 Å². The van der Waals surface area contributed by atoms with Crippen molar-refractivity contribution < 1.29 is 22.9 Å². The Morgan fingerprint density at radius 3 is 2.24 bits per heavy atom. The predicted octanol–water partition coefficient (Wildman–Crippen LogP) is 7.65. The van der Waals surface area contributed by atoms with Crippen molar-refractivity contribution >= 4 is 6.08 Å². The third-order valence-electron chi connectivity index (χ3n) is 6.74. The molecule has 3 rings (SSSR count). The van der Waals surface area contributed by atoms with Crippen molar-refractivity contribution in [3.63, 3.8) is 0 Å². The summed E-state index contributed by atoms with van der Waals surface area (Å²) in [4.78, 5) is 0. The van der Waals surface area contributed by atoms with Gasteiger partial charge in [0.05, 0.1) is 0 Å². The van der Waals surface area contributed by atoms with Gasteiger partial charge < -0.3 is 0 Å². The number of unbranched alkanes of at least 4 members (excludes halogenated alkanes) is 2. The molecule has 0 aromatic heterocycles. The van der Waals surface area contributed by atoms with Crippen molar-refractivity contribution in [2.24, 2.45) is 0 Å². The van der Waals surface area contributed by atoms with Crippen molar-refractivity contribution in [3.05, 3.63) is 61.0 Å². The van der Waals surface area contributed by atoms with Gasteiger partial charge in [0.1, 0.15) is 0 Å². The number of benzene rings is 1. The monoisotopic (exact) mass is 500 g/mol. The third-order valence-corrected chi connectivity index (χ3v) is 14.0. The van der Waals surface area contributed by atoms with E-state index in [1.807, 2.05) is 3.33 Å². The van der Waals surface area contributed by atoms with Crippen molar-refractivity contribution in [1.82, 2.24) is 0 Å². The minimum absolute atomic E-state index is 0.394. The Labute approximate surface area is 165 Å². The maximum absolute atomic E-state index is 2.59. The standard InChI is InChI=1S/C14H17.C10H15.Hf/c1-2-3-4-7-12-10-11-13-8-5-6-9-14(12)13;1-6-7(2)9(4)10(5)8(6)3;/h5-6,8-9,11-12H,2-4,7H2,1H3;1-5H3;. The Bertz CT molecular complexity index is 736. The van der Waals surface area contributed by atoms with Gasteiger partial charge in [-0.15, -0.1) is 0 Å². The van der Waals surface area contributed by atoms with Crippen LogP contribution in [0, 0.1) is 0 Å². The van der Waals surface area contributed by atoms with Crippen LogP contribution in [0.2, 0.25) is 3.17 Å². The molecule has 0 saturated carbocycles. The number of hydrogen-bond acceptors (Lipinski definition) is 0. The van der Waals surface area contributed by atoms with Gasteiger partial charge in [0.15, 0.2) is 0 Å². The van der Waals surface area contributed by atoms with Crippen LogP contribution in [0.4, 0.5) is 0 Å². The van der Waals surface area contributed by atoms with Crippen LogP contribution in [-0.2, 0) is 22.9 Å². The molecule has 0 aliphatic heterocycles. The molecular formula is C24H32Hf. The molecule has 0 N–H and O–H groups in total. The van der Waals surface area contributed by atoms with Crippen LogP contribution in [0.1, 0.15) is 84.3 Å². The quantitative estimate of drug-likeness (QED) is 0.279. The molecule has 1 aromatic rings. The van der Waals surface area contributed by atoms with Crippen LogP contribution in [0.5, 0.6) is 0 Å². The predicted molar refractivity (Wildman–Crippen MR) is 106 cm³/mol. The second kappa shape index (κ2) is 7.51. The first-order valence-corrected chi connectivity index (χ1v) is 13.4. The van der Waals surface area contributed by atoms with Crippen molar-refractivity contribution in [2.75, 3.05) is 0 Å². The number of rotatable bonds is 6. The zero-order chi connectivity index (χ0) is 18.2. The molecule has 0 radical (unpaired) electrons. The van der Waals surface area contributed by atoms with Crippen molar-refractivity contribution in [1.29, 1.82) is 0 Å². The van der Waals surface area contributed by atoms with E-state index in [9.17, 15) is 0 Å². The first kappa shape index (κ1) is 19.1. The van der Waals surface area contributed by atoms with Crippen LogP contribution < -0.4 is 0 Å². The van der Waals surface area contributed by atoms with E-state index in [2.05, 4.69) is 71.9 Å². The molecule has 0 bridgehead atoms. The van der Waals surface area contributed by atoms with Gasteiger partial charge in [-0.25, -0.2) is 0 Å². The summed E-state index contributed by atoms with van der Waals surface area (Å²) in [6.45, 7) is 14.3. The normalized spacial score (nSPS) is 21.7. The van der Waals surface area contributed by atoms with Crippen molar-refractivity contribution in [3.8, 4) is 0 Å². The first-order chi connectivity index (χ1) is 11.9. The van der Waals surface area contributed by atoms with Crippen molar-refractivity contribution in [2.45, 2.75) is 76.3 Å². The summed E-state index contributed by atoms with van der Waals surface area (Å²) in [6.07, 6.45) is 7.99. The average Bonchev–Trinajstić information content (AvgIpc) is 3.01. The second-order valence-corrected chi connectivity index (χ2v) is 14.6. The minimum atomic E-state index is -1.02. The van der Waals surface area contributed by atoms with Gasteiger partial charge in [0, 0.05) is 0 Å². The Morgan fingerprint density at radius 1 is 0.960 bits per heavy atom. The Morgan fingerprint density at radius 2 is 1.60 bits per heavy atom. The zero-order valence-electron chi connectivity index (χ0n) is 16.8. The summed E-state index contributed by atoms with van der Waals surface area (Å²) in [6, 6.07) is 9.16. The van der Waals surface area contributed by atoms with Gasteiger partial charge in [-0.2, -0.15) is 0 Å². The van der Waals surface area contributed by atoms with Gasteiger partial charge in [-0.1, -0.05) is 0 Å². The molecule has 1 aromatic carbocycles. The average molecular weight is 499 g/mol. The summed E-state index contributed by atoms with van der Waals surface area (Å²) in [5.41, 5.74) is 9.56. The molecule has 0 nitrogen and oxygen atoms in total. The fraction of sp³-hybridized carbons (Fsp3) is 0.500. The maximum atomic E-state index is 2.59. The summed E-state index contributed by atoms with van der Waals surface area (Å²) in [5, 5.41) is 0. The molecule has 1 atom stereocenters. The molecule has 0 fully saturated rings. The van der Waals surface area contributed by atoms with Gasteiger partial charge in [0.25, 0.3) is 0 Å². The molecule has 2 aliphatic carbocycles. The Kier molecular flexibility index (Phi) is 5.73. The molecule has 132 valence electrons. The molecular weight excluding hydrogens is 467 g/mol. The van der Waals surface area contributed by atoms with Crippen LogP contribution >= 0.6 is 0 Å². The Balaban J connectivity index is 1.91. The second-order valence-electron chi connectivity index (χ2n) is 8.03. The van der Waals surface area contributed by atoms with E-state index < -0.39 is 22.9 Å². The number of fused-ring (bicyclic) bond motifs is 1. The molecule has 25 heavy (non-hydrogen) atoms. The van der Waals surface area contributed by atoms with E-state index in [0.717, 1.165) is 0 Å². The van der Waals surface area contributed by atoms with Crippen LogP contribution in [-0.4, -0.2) is 0 Å². The topological polar surface area (TPSA) is 0 Å². The number of allylic oxidation sites excluding steroid dienone is 5. The molecule has 1 unspecified atom stereocenters. The summed E-state index contributed by atoms with van der Waals surface area (Å²) >= 11 is -1.02. The molecule has 0 amide bonds. The molecule has 2 aliphatic rings. The fourth-order valence-electron chi connectivity index (χ4n) is 4.50. The summed E-state index contributed by atoms with van der Waals surface area (Å²) in [7, 11) is 0.